The first kappa shape index (κ1) is 16.2. The van der Waals surface area contributed by atoms with Gasteiger partial charge in [0.15, 0.2) is 0 Å². The van der Waals surface area contributed by atoms with Gasteiger partial charge in [-0.15, -0.1) is 0 Å². The molecule has 124 valence electrons. The highest BCUT2D eigenvalue weighted by Gasteiger charge is 2.23. The Bertz CT molecular complexity index is 581. The zero-order valence-corrected chi connectivity index (χ0v) is 13.7. The molecule has 0 saturated carbocycles. The van der Waals surface area contributed by atoms with E-state index in [-0.39, 0.29) is 0 Å². The van der Waals surface area contributed by atoms with Crippen LogP contribution in [0, 0.1) is 0 Å². The molecule has 4 nitrogen and oxygen atoms in total. The summed E-state index contributed by atoms with van der Waals surface area (Å²) >= 11 is 0. The van der Waals surface area contributed by atoms with Crippen LogP contribution in [-0.4, -0.2) is 46.2 Å². The molecule has 1 unspecified atom stereocenters. The van der Waals surface area contributed by atoms with Gasteiger partial charge in [0.25, 0.3) is 0 Å². The molecule has 23 heavy (non-hydrogen) atoms. The number of benzene rings is 1. The van der Waals surface area contributed by atoms with Crippen LogP contribution in [0.3, 0.4) is 0 Å². The molecule has 1 atom stereocenters. The number of aliphatic hydroxyl groups excluding tert-OH is 1. The Kier molecular flexibility index (Phi) is 5.83. The van der Waals surface area contributed by atoms with Gasteiger partial charge in [0, 0.05) is 19.1 Å². The Labute approximate surface area is 138 Å². The topological polar surface area (TPSA) is 52.1 Å². The largest absolute Gasteiger partial charge is 0.396 e. The second-order valence-corrected chi connectivity index (χ2v) is 6.47. The summed E-state index contributed by atoms with van der Waals surface area (Å²) in [5, 5.41) is 8.86. The number of unbranched alkanes of at least 4 members (excludes halogenated alkanes) is 2. The van der Waals surface area contributed by atoms with Crippen molar-refractivity contribution in [1.29, 1.82) is 0 Å². The molecule has 0 amide bonds. The quantitative estimate of drug-likeness (QED) is 0.770. The number of hydrogen-bond acceptors (Lipinski definition) is 3. The van der Waals surface area contributed by atoms with E-state index in [1.165, 1.54) is 31.4 Å². The van der Waals surface area contributed by atoms with Gasteiger partial charge in [0.1, 0.15) is 5.82 Å². The number of piperidine rings is 1. The summed E-state index contributed by atoms with van der Waals surface area (Å²) < 4.78 is 0. The molecule has 1 aliphatic heterocycles. The van der Waals surface area contributed by atoms with Gasteiger partial charge in [-0.1, -0.05) is 30.3 Å². The number of nitrogens with one attached hydrogen (secondary N) is 1. The predicted molar refractivity (Wildman–Crippen MR) is 93.4 cm³/mol. The summed E-state index contributed by atoms with van der Waals surface area (Å²) in [6, 6.07) is 10.4. The number of nitrogens with zero attached hydrogens (tertiary/aromatic N) is 2. The molecular formula is C19H27N3O. The predicted octanol–water partition coefficient (Wildman–Crippen LogP) is 3.42. The van der Waals surface area contributed by atoms with Crippen LogP contribution >= 0.6 is 0 Å². The van der Waals surface area contributed by atoms with Gasteiger partial charge in [-0.25, -0.2) is 4.98 Å². The molecule has 1 fully saturated rings. The Hall–Kier alpha value is -1.65. The maximum Gasteiger partial charge on any atom is 0.110 e. The third-order valence-corrected chi connectivity index (χ3v) is 4.70. The molecule has 0 spiro atoms. The van der Waals surface area contributed by atoms with Crippen LogP contribution in [-0.2, 0) is 0 Å². The highest BCUT2D eigenvalue weighted by Crippen LogP contribution is 2.27. The van der Waals surface area contributed by atoms with Crippen molar-refractivity contribution in [3.8, 4) is 11.3 Å². The monoisotopic (exact) mass is 313 g/mol. The summed E-state index contributed by atoms with van der Waals surface area (Å²) in [5.41, 5.74) is 2.31. The molecule has 2 N–H and O–H groups in total. The first-order valence-corrected chi connectivity index (χ1v) is 8.80. The van der Waals surface area contributed by atoms with Crippen LogP contribution in [0.4, 0.5) is 0 Å². The number of imidazole rings is 1. The van der Waals surface area contributed by atoms with Crippen molar-refractivity contribution in [3.63, 3.8) is 0 Å². The molecule has 1 aliphatic rings. The van der Waals surface area contributed by atoms with Gasteiger partial charge in [0.05, 0.1) is 11.9 Å². The van der Waals surface area contributed by atoms with E-state index in [1.54, 1.807) is 0 Å². The van der Waals surface area contributed by atoms with Crippen LogP contribution in [0.15, 0.2) is 36.5 Å². The summed E-state index contributed by atoms with van der Waals surface area (Å²) in [6.45, 7) is 3.75. The lowest BCUT2D eigenvalue weighted by molar-refractivity contribution is 0.198. The van der Waals surface area contributed by atoms with E-state index in [2.05, 4.69) is 39.1 Å². The van der Waals surface area contributed by atoms with Crippen molar-refractivity contribution in [2.45, 2.75) is 38.0 Å². The first-order chi connectivity index (χ1) is 11.4. The summed E-state index contributed by atoms with van der Waals surface area (Å²) in [6.07, 6.45) is 7.65. The fraction of sp³-hybridized carbons (Fsp3) is 0.526. The molecule has 0 aliphatic carbocycles. The molecule has 2 heterocycles. The lowest BCUT2D eigenvalue weighted by Gasteiger charge is -2.31. The smallest absolute Gasteiger partial charge is 0.110 e. The fourth-order valence-corrected chi connectivity index (χ4v) is 3.41. The van der Waals surface area contributed by atoms with Crippen LogP contribution in [0.2, 0.25) is 0 Å². The van der Waals surface area contributed by atoms with Crippen LogP contribution < -0.4 is 0 Å². The average Bonchev–Trinajstić information content (AvgIpc) is 3.10. The Morgan fingerprint density at radius 2 is 2.04 bits per heavy atom. The zero-order valence-electron chi connectivity index (χ0n) is 13.7. The molecule has 2 aromatic rings. The van der Waals surface area contributed by atoms with Gasteiger partial charge >= 0.3 is 0 Å². The van der Waals surface area contributed by atoms with Gasteiger partial charge in [0.2, 0.25) is 0 Å². The lowest BCUT2D eigenvalue weighted by atomic mass is 9.97. The normalized spacial score (nSPS) is 19.1. The van der Waals surface area contributed by atoms with Crippen molar-refractivity contribution in [3.05, 3.63) is 42.4 Å². The van der Waals surface area contributed by atoms with Crippen molar-refractivity contribution in [1.82, 2.24) is 14.9 Å². The minimum atomic E-state index is 0.317. The van der Waals surface area contributed by atoms with Gasteiger partial charge in [-0.05, 0) is 50.8 Å². The molecule has 0 radical (unpaired) electrons. The van der Waals surface area contributed by atoms with Crippen LogP contribution in [0.5, 0.6) is 0 Å². The minimum Gasteiger partial charge on any atom is -0.396 e. The van der Waals surface area contributed by atoms with Crippen molar-refractivity contribution < 1.29 is 5.11 Å². The maximum absolute atomic E-state index is 8.86. The standard InChI is InChI=1S/C19H27N3O/c23-13-6-2-5-11-22-12-7-10-17(15-22)19-20-14-18(21-19)16-8-3-1-4-9-16/h1,3-4,8-9,14,17,23H,2,5-7,10-13,15H2,(H,20,21). The van der Waals surface area contributed by atoms with E-state index in [0.29, 0.717) is 12.5 Å². The third-order valence-electron chi connectivity index (χ3n) is 4.70. The van der Waals surface area contributed by atoms with Crippen molar-refractivity contribution >= 4 is 0 Å². The number of aromatic amines is 1. The second-order valence-electron chi connectivity index (χ2n) is 6.47. The molecule has 3 rings (SSSR count). The van der Waals surface area contributed by atoms with E-state index in [4.69, 9.17) is 5.11 Å². The summed E-state index contributed by atoms with van der Waals surface area (Å²) in [4.78, 5) is 10.7. The fourth-order valence-electron chi connectivity index (χ4n) is 3.41. The molecule has 1 saturated heterocycles. The highest BCUT2D eigenvalue weighted by atomic mass is 16.2. The molecule has 0 bridgehead atoms. The SMILES string of the molecule is OCCCCCN1CCCC(c2ncc(-c3ccccc3)[nH]2)C1. The summed E-state index contributed by atoms with van der Waals surface area (Å²) in [7, 11) is 0. The lowest BCUT2D eigenvalue weighted by Crippen LogP contribution is -2.35. The van der Waals surface area contributed by atoms with Gasteiger partial charge in [-0.3, -0.25) is 0 Å². The van der Waals surface area contributed by atoms with E-state index in [0.717, 1.165) is 37.4 Å². The van der Waals surface area contributed by atoms with E-state index in [9.17, 15) is 0 Å². The Morgan fingerprint density at radius 1 is 1.17 bits per heavy atom. The number of hydrogen-bond donors (Lipinski definition) is 2. The highest BCUT2D eigenvalue weighted by molar-refractivity contribution is 5.58. The Balaban J connectivity index is 1.57. The zero-order chi connectivity index (χ0) is 15.9. The number of likely N-dealkylation sites (tertiary alicyclic amines) is 1. The van der Waals surface area contributed by atoms with Crippen LogP contribution in [0.1, 0.15) is 43.8 Å². The minimum absolute atomic E-state index is 0.317. The average molecular weight is 313 g/mol. The van der Waals surface area contributed by atoms with Crippen molar-refractivity contribution in [2.24, 2.45) is 0 Å². The number of aromatic nitrogens is 2. The molecular weight excluding hydrogens is 286 g/mol. The molecule has 4 heteroatoms. The van der Waals surface area contributed by atoms with E-state index >= 15 is 0 Å². The van der Waals surface area contributed by atoms with Crippen molar-refractivity contribution in [2.75, 3.05) is 26.2 Å². The maximum atomic E-state index is 8.86. The molecule has 1 aromatic heterocycles. The number of aliphatic hydroxyl groups is 1. The van der Waals surface area contributed by atoms with Gasteiger partial charge < -0.3 is 15.0 Å². The van der Waals surface area contributed by atoms with E-state index < -0.39 is 0 Å². The summed E-state index contributed by atoms with van der Waals surface area (Å²) in [5.74, 6) is 1.64. The van der Waals surface area contributed by atoms with Gasteiger partial charge in [-0.2, -0.15) is 0 Å². The second kappa shape index (κ2) is 8.27. The number of rotatable bonds is 7. The Morgan fingerprint density at radius 3 is 2.87 bits per heavy atom. The number of H-pyrrole nitrogens is 1. The van der Waals surface area contributed by atoms with E-state index in [1.807, 2.05) is 12.3 Å². The first-order valence-electron chi connectivity index (χ1n) is 8.80. The third kappa shape index (κ3) is 4.43. The van der Waals surface area contributed by atoms with Crippen LogP contribution in [0.25, 0.3) is 11.3 Å². The molecule has 1 aromatic carbocycles.